The fraction of sp³-hybridized carbons (Fsp3) is 0.526. The molecule has 1 amide bonds. The minimum atomic E-state index is -0.303. The fourth-order valence-corrected chi connectivity index (χ4v) is 3.41. The first kappa shape index (κ1) is 16.7. The maximum Gasteiger partial charge on any atom is 0.227 e. The second-order valence-electron chi connectivity index (χ2n) is 7.71. The van der Waals surface area contributed by atoms with Crippen molar-refractivity contribution < 1.29 is 4.79 Å². The van der Waals surface area contributed by atoms with Crippen LogP contribution in [0.1, 0.15) is 32.8 Å². The number of likely N-dealkylation sites (tertiary alicyclic amines) is 1. The molecule has 0 bridgehead atoms. The van der Waals surface area contributed by atoms with E-state index in [0.29, 0.717) is 5.92 Å². The average Bonchev–Trinajstić information content (AvgIpc) is 3.15. The van der Waals surface area contributed by atoms with Crippen LogP contribution in [-0.2, 0) is 18.3 Å². The third-order valence-electron chi connectivity index (χ3n) is 4.68. The number of aryl methyl sites for hydroxylation is 1. The van der Waals surface area contributed by atoms with Crippen LogP contribution in [0.15, 0.2) is 30.6 Å². The highest BCUT2D eigenvalue weighted by Crippen LogP contribution is 2.29. The van der Waals surface area contributed by atoms with Gasteiger partial charge in [-0.1, -0.05) is 26.8 Å². The van der Waals surface area contributed by atoms with Gasteiger partial charge in [-0.15, -0.1) is 0 Å². The van der Waals surface area contributed by atoms with Crippen molar-refractivity contribution >= 4 is 5.91 Å². The number of aromatic nitrogens is 3. The maximum atomic E-state index is 12.5. The first-order valence-corrected chi connectivity index (χ1v) is 8.58. The predicted molar refractivity (Wildman–Crippen MR) is 94.3 cm³/mol. The Kier molecular flexibility index (Phi) is 4.43. The maximum absolute atomic E-state index is 12.5. The molecule has 2 aromatic rings. The molecule has 0 N–H and O–H groups in total. The molecule has 0 radical (unpaired) electrons. The number of amides is 1. The molecule has 5 heteroatoms. The van der Waals surface area contributed by atoms with Gasteiger partial charge in [-0.05, 0) is 36.5 Å². The van der Waals surface area contributed by atoms with Crippen LogP contribution in [0, 0.1) is 11.3 Å². The van der Waals surface area contributed by atoms with Crippen molar-refractivity contribution in [2.24, 2.45) is 18.4 Å². The van der Waals surface area contributed by atoms with Crippen LogP contribution in [0.4, 0.5) is 0 Å². The van der Waals surface area contributed by atoms with E-state index in [9.17, 15) is 4.79 Å². The molecule has 1 atom stereocenters. The molecule has 0 unspecified atom stereocenters. The highest BCUT2D eigenvalue weighted by molar-refractivity contribution is 5.81. The van der Waals surface area contributed by atoms with Gasteiger partial charge in [0.05, 0.1) is 11.4 Å². The van der Waals surface area contributed by atoms with Crippen LogP contribution >= 0.6 is 0 Å². The standard InChI is InChI=1S/C19H26N4O/c1-19(2,3)18(24)23-11-8-14(13-23)12-15-6-5-9-20-17(15)16-7-10-21-22(16)4/h5-7,9-10,14H,8,11-13H2,1-4H3/t14-/m0/s1. The fourth-order valence-electron chi connectivity index (χ4n) is 3.41. The summed E-state index contributed by atoms with van der Waals surface area (Å²) >= 11 is 0. The van der Waals surface area contributed by atoms with E-state index in [-0.39, 0.29) is 11.3 Å². The number of rotatable bonds is 3. The molecule has 0 saturated carbocycles. The first-order valence-electron chi connectivity index (χ1n) is 8.58. The Bertz CT molecular complexity index is 729. The van der Waals surface area contributed by atoms with Crippen LogP contribution in [0.3, 0.4) is 0 Å². The summed E-state index contributed by atoms with van der Waals surface area (Å²) in [5.41, 5.74) is 2.96. The van der Waals surface area contributed by atoms with Gasteiger partial charge in [0.25, 0.3) is 0 Å². The van der Waals surface area contributed by atoms with Crippen molar-refractivity contribution in [3.8, 4) is 11.4 Å². The second-order valence-corrected chi connectivity index (χ2v) is 7.71. The Balaban J connectivity index is 1.75. The van der Waals surface area contributed by atoms with Crippen LogP contribution in [0.2, 0.25) is 0 Å². The van der Waals surface area contributed by atoms with E-state index in [0.717, 1.165) is 37.3 Å². The molecule has 2 aromatic heterocycles. The van der Waals surface area contributed by atoms with E-state index in [2.05, 4.69) is 16.1 Å². The highest BCUT2D eigenvalue weighted by Gasteiger charge is 2.33. The summed E-state index contributed by atoms with van der Waals surface area (Å²) in [4.78, 5) is 19.1. The summed E-state index contributed by atoms with van der Waals surface area (Å²) in [6, 6.07) is 6.13. The van der Waals surface area contributed by atoms with E-state index < -0.39 is 0 Å². The Morgan fingerprint density at radius 1 is 1.29 bits per heavy atom. The van der Waals surface area contributed by atoms with Gasteiger partial charge >= 0.3 is 0 Å². The number of nitrogens with zero attached hydrogens (tertiary/aromatic N) is 4. The van der Waals surface area contributed by atoms with Gasteiger partial charge < -0.3 is 4.90 Å². The van der Waals surface area contributed by atoms with Crippen molar-refractivity contribution in [2.45, 2.75) is 33.6 Å². The molecule has 24 heavy (non-hydrogen) atoms. The lowest BCUT2D eigenvalue weighted by atomic mass is 9.94. The molecule has 1 saturated heterocycles. The van der Waals surface area contributed by atoms with Crippen molar-refractivity contribution in [1.82, 2.24) is 19.7 Å². The normalized spacial score (nSPS) is 18.2. The summed E-state index contributed by atoms with van der Waals surface area (Å²) in [6.07, 6.45) is 5.63. The van der Waals surface area contributed by atoms with E-state index in [1.165, 1.54) is 5.56 Å². The van der Waals surface area contributed by atoms with Gasteiger partial charge in [0.2, 0.25) is 5.91 Å². The lowest BCUT2D eigenvalue weighted by Crippen LogP contribution is -2.38. The van der Waals surface area contributed by atoms with E-state index in [1.54, 1.807) is 6.20 Å². The minimum Gasteiger partial charge on any atom is -0.342 e. The molecule has 5 nitrogen and oxygen atoms in total. The van der Waals surface area contributed by atoms with Gasteiger partial charge in [-0.25, -0.2) is 0 Å². The van der Waals surface area contributed by atoms with Crippen molar-refractivity contribution in [2.75, 3.05) is 13.1 Å². The third kappa shape index (κ3) is 3.35. The van der Waals surface area contributed by atoms with Gasteiger partial charge in [0.15, 0.2) is 0 Å². The summed E-state index contributed by atoms with van der Waals surface area (Å²) in [5, 5.41) is 4.25. The smallest absolute Gasteiger partial charge is 0.227 e. The Labute approximate surface area is 143 Å². The third-order valence-corrected chi connectivity index (χ3v) is 4.68. The summed E-state index contributed by atoms with van der Waals surface area (Å²) in [7, 11) is 1.94. The van der Waals surface area contributed by atoms with Gasteiger partial charge in [0, 0.05) is 37.9 Å². The number of hydrogen-bond acceptors (Lipinski definition) is 3. The number of hydrogen-bond donors (Lipinski definition) is 0. The average molecular weight is 326 g/mol. The molecule has 3 rings (SSSR count). The molecular weight excluding hydrogens is 300 g/mol. The van der Waals surface area contributed by atoms with Gasteiger partial charge in [-0.3, -0.25) is 14.5 Å². The van der Waals surface area contributed by atoms with E-state index in [4.69, 9.17) is 0 Å². The van der Waals surface area contributed by atoms with Crippen LogP contribution in [-0.4, -0.2) is 38.7 Å². The molecule has 0 aromatic carbocycles. The zero-order valence-corrected chi connectivity index (χ0v) is 15.0. The Morgan fingerprint density at radius 2 is 2.08 bits per heavy atom. The highest BCUT2D eigenvalue weighted by atomic mass is 16.2. The van der Waals surface area contributed by atoms with Crippen LogP contribution in [0.5, 0.6) is 0 Å². The van der Waals surface area contributed by atoms with Crippen molar-refractivity contribution in [3.63, 3.8) is 0 Å². The molecular formula is C19H26N4O. The quantitative estimate of drug-likeness (QED) is 0.871. The zero-order valence-electron chi connectivity index (χ0n) is 15.0. The van der Waals surface area contributed by atoms with Gasteiger partial charge in [0.1, 0.15) is 0 Å². The van der Waals surface area contributed by atoms with Gasteiger partial charge in [-0.2, -0.15) is 5.10 Å². The monoisotopic (exact) mass is 326 g/mol. The lowest BCUT2D eigenvalue weighted by Gasteiger charge is -2.25. The van der Waals surface area contributed by atoms with E-state index in [1.807, 2.05) is 55.7 Å². The largest absolute Gasteiger partial charge is 0.342 e. The zero-order chi connectivity index (χ0) is 17.3. The topological polar surface area (TPSA) is 51.0 Å². The summed E-state index contributed by atoms with van der Waals surface area (Å²) in [6.45, 7) is 7.68. The molecule has 1 aliphatic heterocycles. The predicted octanol–water partition coefficient (Wildman–Crippen LogP) is 2.92. The molecule has 3 heterocycles. The molecule has 1 aliphatic rings. The number of carbonyl (C=O) groups is 1. The minimum absolute atomic E-state index is 0.253. The summed E-state index contributed by atoms with van der Waals surface area (Å²) in [5.74, 6) is 0.746. The SMILES string of the molecule is Cn1nccc1-c1ncccc1C[C@@H]1CCN(C(=O)C(C)(C)C)C1. The molecule has 1 fully saturated rings. The molecule has 128 valence electrons. The lowest BCUT2D eigenvalue weighted by molar-refractivity contribution is -0.138. The van der Waals surface area contributed by atoms with Crippen LogP contribution < -0.4 is 0 Å². The number of carbonyl (C=O) groups excluding carboxylic acids is 1. The molecule has 0 spiro atoms. The van der Waals surface area contributed by atoms with Crippen molar-refractivity contribution in [3.05, 3.63) is 36.2 Å². The Hall–Kier alpha value is -2.17. The van der Waals surface area contributed by atoms with Crippen LogP contribution in [0.25, 0.3) is 11.4 Å². The Morgan fingerprint density at radius 3 is 2.75 bits per heavy atom. The second kappa shape index (κ2) is 6.38. The molecule has 0 aliphatic carbocycles. The summed E-state index contributed by atoms with van der Waals surface area (Å²) < 4.78 is 1.86. The number of pyridine rings is 1. The van der Waals surface area contributed by atoms with Crippen molar-refractivity contribution in [1.29, 1.82) is 0 Å². The van der Waals surface area contributed by atoms with E-state index >= 15 is 0 Å². The first-order chi connectivity index (χ1) is 11.4.